The van der Waals surface area contributed by atoms with Crippen molar-refractivity contribution in [2.24, 2.45) is 0 Å². The lowest BCUT2D eigenvalue weighted by Crippen LogP contribution is -2.21. The van der Waals surface area contributed by atoms with E-state index in [1.165, 1.54) is 18.4 Å². The number of carbonyl (C=O) groups excluding carboxylic acids is 2. The summed E-state index contributed by atoms with van der Waals surface area (Å²) in [6.07, 6.45) is 0.640. The lowest BCUT2D eigenvalue weighted by Gasteiger charge is -2.09. The third-order valence-corrected chi connectivity index (χ3v) is 5.55. The normalized spacial score (nSPS) is 10.8. The van der Waals surface area contributed by atoms with Gasteiger partial charge in [-0.15, -0.1) is 11.3 Å². The maximum atomic E-state index is 12.9. The number of aryl methyl sites for hydroxylation is 1. The van der Waals surface area contributed by atoms with Crippen molar-refractivity contribution in [3.05, 3.63) is 51.4 Å². The molecule has 2 aromatic heterocycles. The van der Waals surface area contributed by atoms with Gasteiger partial charge in [0.2, 0.25) is 5.55 Å². The summed E-state index contributed by atoms with van der Waals surface area (Å²) in [7, 11) is 1.51. The van der Waals surface area contributed by atoms with Gasteiger partial charge in [-0.05, 0) is 38.0 Å². The minimum atomic E-state index is -0.530. The largest absolute Gasteiger partial charge is 0.493 e. The van der Waals surface area contributed by atoms with Crippen molar-refractivity contribution in [3.8, 4) is 5.75 Å². The van der Waals surface area contributed by atoms with Gasteiger partial charge in [0.25, 0.3) is 5.91 Å². The molecule has 0 spiro atoms. The molecule has 0 atom stereocenters. The Morgan fingerprint density at radius 3 is 2.69 bits per heavy atom. The first-order valence-electron chi connectivity index (χ1n) is 9.17. The quantitative estimate of drug-likeness (QED) is 0.586. The summed E-state index contributed by atoms with van der Waals surface area (Å²) in [5, 5.41) is 11.9. The highest BCUT2D eigenvalue weighted by atomic mass is 32.1. The predicted molar refractivity (Wildman–Crippen MR) is 111 cm³/mol. The Morgan fingerprint density at radius 1 is 1.28 bits per heavy atom. The van der Waals surface area contributed by atoms with E-state index >= 15 is 0 Å². The number of carbonyl (C=O) groups is 2. The van der Waals surface area contributed by atoms with Gasteiger partial charge in [-0.2, -0.15) is 0 Å². The van der Waals surface area contributed by atoms with Crippen LogP contribution in [0.1, 0.15) is 45.0 Å². The second kappa shape index (κ2) is 8.48. The van der Waals surface area contributed by atoms with Crippen LogP contribution in [-0.4, -0.2) is 25.6 Å². The fourth-order valence-electron chi connectivity index (χ4n) is 3.15. The molecule has 3 rings (SSSR count). The zero-order valence-electron chi connectivity index (χ0n) is 16.7. The molecule has 152 valence electrons. The van der Waals surface area contributed by atoms with Gasteiger partial charge in [0.1, 0.15) is 10.6 Å². The van der Waals surface area contributed by atoms with Crippen LogP contribution in [0.2, 0.25) is 0 Å². The summed E-state index contributed by atoms with van der Waals surface area (Å²) in [4.78, 5) is 26.3. The molecule has 0 saturated heterocycles. The van der Waals surface area contributed by atoms with E-state index in [2.05, 4.69) is 5.32 Å². The first-order chi connectivity index (χ1) is 13.9. The van der Waals surface area contributed by atoms with Crippen molar-refractivity contribution >= 4 is 39.2 Å². The molecule has 8 heteroatoms. The summed E-state index contributed by atoms with van der Waals surface area (Å²) in [6, 6.07) is 6.84. The van der Waals surface area contributed by atoms with Crippen molar-refractivity contribution in [3.63, 3.8) is 0 Å². The van der Waals surface area contributed by atoms with Crippen LogP contribution in [-0.2, 0) is 11.2 Å². The van der Waals surface area contributed by atoms with E-state index in [9.17, 15) is 9.59 Å². The van der Waals surface area contributed by atoms with E-state index in [1.807, 2.05) is 13.8 Å². The molecule has 0 unspecified atom stereocenters. The van der Waals surface area contributed by atoms with Gasteiger partial charge in [0, 0.05) is 10.3 Å². The molecule has 0 aliphatic carbocycles. The molecule has 2 heterocycles. The number of nitrogens with one attached hydrogen (secondary N) is 2. The van der Waals surface area contributed by atoms with Crippen molar-refractivity contribution in [1.29, 1.82) is 5.41 Å². The Labute approximate surface area is 171 Å². The van der Waals surface area contributed by atoms with Crippen LogP contribution in [0.5, 0.6) is 5.75 Å². The smallest absolute Gasteiger partial charge is 0.341 e. The number of para-hydroxylation sites is 1. The molecule has 0 aliphatic rings. The lowest BCUT2D eigenvalue weighted by atomic mass is 10.1. The van der Waals surface area contributed by atoms with E-state index in [0.717, 1.165) is 10.4 Å². The number of thiophene rings is 1. The van der Waals surface area contributed by atoms with Crippen LogP contribution < -0.4 is 15.6 Å². The first kappa shape index (κ1) is 20.6. The van der Waals surface area contributed by atoms with Crippen LogP contribution in [0.15, 0.2) is 28.7 Å². The van der Waals surface area contributed by atoms with E-state index in [0.29, 0.717) is 33.7 Å². The Hall–Kier alpha value is -3.13. The molecule has 0 fully saturated rings. The molecular formula is C21H22N2O5S. The number of ether oxygens (including phenoxy) is 2. The number of hydrogen-bond acceptors (Lipinski definition) is 7. The SMILES string of the molecule is CCOC(=O)c1c(NC(=O)c2cc3cccc(OC)c3oc2=N)sc(C)c1CC. The fraction of sp³-hybridized carbons (Fsp3) is 0.286. The molecule has 0 bridgehead atoms. The van der Waals surface area contributed by atoms with Crippen molar-refractivity contribution < 1.29 is 23.5 Å². The Morgan fingerprint density at radius 2 is 2.03 bits per heavy atom. The summed E-state index contributed by atoms with van der Waals surface area (Å²) >= 11 is 1.31. The van der Waals surface area contributed by atoms with E-state index in [-0.39, 0.29) is 17.7 Å². The van der Waals surface area contributed by atoms with Crippen LogP contribution >= 0.6 is 11.3 Å². The summed E-state index contributed by atoms with van der Waals surface area (Å²) in [5.41, 5.74) is 1.38. The van der Waals surface area contributed by atoms with Crippen LogP contribution in [0, 0.1) is 12.3 Å². The Balaban J connectivity index is 2.02. The fourth-order valence-corrected chi connectivity index (χ4v) is 4.27. The zero-order valence-corrected chi connectivity index (χ0v) is 17.5. The van der Waals surface area contributed by atoms with Gasteiger partial charge in [-0.1, -0.05) is 19.1 Å². The van der Waals surface area contributed by atoms with Crippen LogP contribution in [0.3, 0.4) is 0 Å². The van der Waals surface area contributed by atoms with Crippen molar-refractivity contribution in [2.75, 3.05) is 19.0 Å². The highest BCUT2D eigenvalue weighted by molar-refractivity contribution is 7.16. The van der Waals surface area contributed by atoms with Crippen molar-refractivity contribution in [1.82, 2.24) is 0 Å². The second-order valence-corrected chi connectivity index (χ2v) is 7.46. The molecule has 0 radical (unpaired) electrons. The number of hydrogen-bond donors (Lipinski definition) is 2. The second-order valence-electron chi connectivity index (χ2n) is 6.24. The minimum Gasteiger partial charge on any atom is -0.493 e. The third kappa shape index (κ3) is 3.88. The van der Waals surface area contributed by atoms with Crippen molar-refractivity contribution in [2.45, 2.75) is 27.2 Å². The van der Waals surface area contributed by atoms with Gasteiger partial charge >= 0.3 is 5.97 Å². The molecule has 3 aromatic rings. The number of benzene rings is 1. The maximum absolute atomic E-state index is 12.9. The Bertz CT molecular complexity index is 1150. The van der Waals surface area contributed by atoms with E-state index in [4.69, 9.17) is 19.3 Å². The average molecular weight is 414 g/mol. The monoisotopic (exact) mass is 414 g/mol. The summed E-state index contributed by atoms with van der Waals surface area (Å²) in [5.74, 6) is -0.519. The molecule has 0 aliphatic heterocycles. The first-order valence-corrected chi connectivity index (χ1v) is 9.99. The standard InChI is InChI=1S/C21H22N2O5S/c1-5-13-11(3)29-20(16(13)21(25)27-6-2)23-19(24)14-10-12-8-7-9-15(26-4)17(12)28-18(14)22/h7-10,22H,5-6H2,1-4H3,(H,23,24). The number of esters is 1. The molecule has 2 N–H and O–H groups in total. The zero-order chi connectivity index (χ0) is 21.1. The number of fused-ring (bicyclic) bond motifs is 1. The molecular weight excluding hydrogens is 392 g/mol. The van der Waals surface area contributed by atoms with E-state index in [1.54, 1.807) is 31.2 Å². The molecule has 1 amide bonds. The van der Waals surface area contributed by atoms with Crippen LogP contribution in [0.4, 0.5) is 5.00 Å². The van der Waals surface area contributed by atoms with Crippen LogP contribution in [0.25, 0.3) is 11.0 Å². The van der Waals surface area contributed by atoms with E-state index < -0.39 is 11.9 Å². The maximum Gasteiger partial charge on any atom is 0.341 e. The average Bonchev–Trinajstić information content (AvgIpc) is 3.01. The van der Waals surface area contributed by atoms with Gasteiger partial charge in [0.15, 0.2) is 11.3 Å². The summed E-state index contributed by atoms with van der Waals surface area (Å²) < 4.78 is 15.9. The molecule has 1 aromatic carbocycles. The number of amides is 1. The minimum absolute atomic E-state index is 0.0599. The molecule has 0 saturated carbocycles. The van der Waals surface area contributed by atoms with Gasteiger partial charge in [-0.25, -0.2) is 4.79 Å². The van der Waals surface area contributed by atoms with Gasteiger partial charge < -0.3 is 19.2 Å². The third-order valence-electron chi connectivity index (χ3n) is 4.49. The highest BCUT2D eigenvalue weighted by Gasteiger charge is 2.24. The topological polar surface area (TPSA) is 102 Å². The highest BCUT2D eigenvalue weighted by Crippen LogP contribution is 2.34. The molecule has 29 heavy (non-hydrogen) atoms. The Kier molecular flexibility index (Phi) is 6.03. The molecule has 7 nitrogen and oxygen atoms in total. The number of rotatable bonds is 6. The lowest BCUT2D eigenvalue weighted by molar-refractivity contribution is 0.0527. The van der Waals surface area contributed by atoms with Gasteiger partial charge in [0.05, 0.1) is 19.3 Å². The predicted octanol–water partition coefficient (Wildman–Crippen LogP) is 4.28. The number of methoxy groups -OCH3 is 1. The number of anilines is 1. The summed E-state index contributed by atoms with van der Waals surface area (Å²) in [6.45, 7) is 5.82. The van der Waals surface area contributed by atoms with Gasteiger partial charge in [-0.3, -0.25) is 10.2 Å².